The standard InChI is InChI=1S/C7H12N2O3/c1-3-4-9-6(10)5(8-2)7(11)12/h3,5,8H,1,4H2,2H3,(H,9,10)(H,11,12). The van der Waals surface area contributed by atoms with Crippen LogP contribution in [0, 0.1) is 0 Å². The minimum absolute atomic E-state index is 0.268. The Morgan fingerprint density at radius 1 is 1.67 bits per heavy atom. The van der Waals surface area contributed by atoms with Gasteiger partial charge in [-0.25, -0.2) is 4.79 Å². The Morgan fingerprint density at radius 2 is 2.25 bits per heavy atom. The van der Waals surface area contributed by atoms with Gasteiger partial charge in [0.1, 0.15) is 0 Å². The van der Waals surface area contributed by atoms with Gasteiger partial charge >= 0.3 is 5.97 Å². The van der Waals surface area contributed by atoms with Crippen molar-refractivity contribution >= 4 is 11.9 Å². The highest BCUT2D eigenvalue weighted by molar-refractivity contribution is 6.01. The first kappa shape index (κ1) is 10.6. The van der Waals surface area contributed by atoms with Crippen molar-refractivity contribution in [3.8, 4) is 0 Å². The molecule has 1 unspecified atom stereocenters. The van der Waals surface area contributed by atoms with Crippen LogP contribution >= 0.6 is 0 Å². The first-order valence-electron chi connectivity index (χ1n) is 3.42. The van der Waals surface area contributed by atoms with Crippen LogP contribution in [0.1, 0.15) is 0 Å². The molecule has 0 aromatic rings. The van der Waals surface area contributed by atoms with E-state index in [9.17, 15) is 9.59 Å². The summed E-state index contributed by atoms with van der Waals surface area (Å²) in [6.07, 6.45) is 1.48. The second-order valence-electron chi connectivity index (χ2n) is 2.09. The number of carboxylic acid groups (broad SMARTS) is 1. The number of amides is 1. The SMILES string of the molecule is C=CCNC(=O)C(NC)C(=O)O. The van der Waals surface area contributed by atoms with Gasteiger partial charge < -0.3 is 10.4 Å². The molecule has 0 aliphatic rings. The summed E-state index contributed by atoms with van der Waals surface area (Å²) in [5.41, 5.74) is 0. The lowest BCUT2D eigenvalue weighted by molar-refractivity contribution is -0.143. The van der Waals surface area contributed by atoms with Crippen LogP contribution in [0.3, 0.4) is 0 Å². The molecular weight excluding hydrogens is 160 g/mol. The van der Waals surface area contributed by atoms with Crippen LogP contribution in [0.25, 0.3) is 0 Å². The summed E-state index contributed by atoms with van der Waals surface area (Å²) in [5.74, 6) is -1.76. The fourth-order valence-electron chi connectivity index (χ4n) is 0.642. The predicted molar refractivity (Wildman–Crippen MR) is 43.7 cm³/mol. The second-order valence-corrected chi connectivity index (χ2v) is 2.09. The number of aliphatic carboxylic acids is 1. The van der Waals surface area contributed by atoms with E-state index in [-0.39, 0.29) is 6.54 Å². The van der Waals surface area contributed by atoms with Crippen LogP contribution in [0.4, 0.5) is 0 Å². The van der Waals surface area contributed by atoms with Crippen molar-refractivity contribution in [1.29, 1.82) is 0 Å². The van der Waals surface area contributed by atoms with Crippen LogP contribution in [-0.2, 0) is 9.59 Å². The van der Waals surface area contributed by atoms with Gasteiger partial charge in [-0.2, -0.15) is 0 Å². The zero-order valence-electron chi connectivity index (χ0n) is 6.83. The molecule has 1 atom stereocenters. The molecule has 0 aromatic carbocycles. The van der Waals surface area contributed by atoms with E-state index in [4.69, 9.17) is 5.11 Å². The summed E-state index contributed by atoms with van der Waals surface area (Å²) in [5, 5.41) is 13.2. The number of carbonyl (C=O) groups excluding carboxylic acids is 1. The highest BCUT2D eigenvalue weighted by atomic mass is 16.4. The number of nitrogens with one attached hydrogen (secondary N) is 2. The van der Waals surface area contributed by atoms with E-state index in [1.165, 1.54) is 13.1 Å². The Labute approximate surface area is 70.5 Å². The summed E-state index contributed by atoms with van der Waals surface area (Å²) in [7, 11) is 1.41. The van der Waals surface area contributed by atoms with Crippen LogP contribution in [-0.4, -0.2) is 36.6 Å². The van der Waals surface area contributed by atoms with Crippen molar-refractivity contribution in [3.05, 3.63) is 12.7 Å². The van der Waals surface area contributed by atoms with Gasteiger partial charge in [-0.1, -0.05) is 6.08 Å². The van der Waals surface area contributed by atoms with Gasteiger partial charge in [0, 0.05) is 6.54 Å². The third-order valence-corrected chi connectivity index (χ3v) is 1.22. The largest absolute Gasteiger partial charge is 0.480 e. The quantitative estimate of drug-likeness (QED) is 0.365. The van der Waals surface area contributed by atoms with E-state index in [0.717, 1.165) is 0 Å². The summed E-state index contributed by atoms with van der Waals surface area (Å²) in [4.78, 5) is 21.4. The number of hydrogen-bond acceptors (Lipinski definition) is 3. The Morgan fingerprint density at radius 3 is 2.58 bits per heavy atom. The number of rotatable bonds is 5. The third kappa shape index (κ3) is 3.16. The Balaban J connectivity index is 4.03. The summed E-state index contributed by atoms with van der Waals surface area (Å²) in [6, 6.07) is -1.19. The molecule has 0 fully saturated rings. The van der Waals surface area contributed by atoms with Gasteiger partial charge in [-0.15, -0.1) is 6.58 Å². The molecule has 68 valence electrons. The van der Waals surface area contributed by atoms with E-state index in [0.29, 0.717) is 0 Å². The van der Waals surface area contributed by atoms with Crippen molar-refractivity contribution in [2.24, 2.45) is 0 Å². The zero-order chi connectivity index (χ0) is 9.56. The minimum Gasteiger partial charge on any atom is -0.480 e. The maximum atomic E-state index is 11.0. The van der Waals surface area contributed by atoms with Crippen LogP contribution in [0.2, 0.25) is 0 Å². The van der Waals surface area contributed by atoms with Crippen molar-refractivity contribution < 1.29 is 14.7 Å². The average Bonchev–Trinajstić information content (AvgIpc) is 2.01. The first-order chi connectivity index (χ1) is 5.63. The molecule has 0 radical (unpaired) electrons. The van der Waals surface area contributed by atoms with Crippen LogP contribution in [0.15, 0.2) is 12.7 Å². The molecule has 0 aromatic heterocycles. The lowest BCUT2D eigenvalue weighted by Gasteiger charge is -2.09. The highest BCUT2D eigenvalue weighted by Gasteiger charge is 2.22. The van der Waals surface area contributed by atoms with Crippen LogP contribution in [0.5, 0.6) is 0 Å². The van der Waals surface area contributed by atoms with Crippen molar-refractivity contribution in [2.45, 2.75) is 6.04 Å². The number of carboxylic acids is 1. The monoisotopic (exact) mass is 172 g/mol. The normalized spacial score (nSPS) is 11.8. The van der Waals surface area contributed by atoms with Crippen molar-refractivity contribution in [3.63, 3.8) is 0 Å². The molecule has 0 spiro atoms. The van der Waals surface area contributed by atoms with Crippen LogP contribution < -0.4 is 10.6 Å². The van der Waals surface area contributed by atoms with Gasteiger partial charge in [0.25, 0.3) is 0 Å². The summed E-state index contributed by atoms with van der Waals surface area (Å²) in [6.45, 7) is 3.65. The molecule has 5 heteroatoms. The maximum absolute atomic E-state index is 11.0. The zero-order valence-corrected chi connectivity index (χ0v) is 6.83. The molecule has 5 nitrogen and oxygen atoms in total. The van der Waals surface area contributed by atoms with E-state index < -0.39 is 17.9 Å². The molecular formula is C7H12N2O3. The fourth-order valence-corrected chi connectivity index (χ4v) is 0.642. The number of carbonyl (C=O) groups is 2. The number of likely N-dealkylation sites (N-methyl/N-ethyl adjacent to an activating group) is 1. The minimum atomic E-state index is -1.20. The highest BCUT2D eigenvalue weighted by Crippen LogP contribution is 1.82. The molecule has 0 heterocycles. The van der Waals surface area contributed by atoms with Gasteiger partial charge in [0.05, 0.1) is 0 Å². The fraction of sp³-hybridized carbons (Fsp3) is 0.429. The van der Waals surface area contributed by atoms with E-state index in [1.54, 1.807) is 0 Å². The van der Waals surface area contributed by atoms with E-state index in [1.807, 2.05) is 0 Å². The molecule has 1 amide bonds. The predicted octanol–water partition coefficient (Wildman–Crippen LogP) is -1.04. The third-order valence-electron chi connectivity index (χ3n) is 1.22. The maximum Gasteiger partial charge on any atom is 0.330 e. The summed E-state index contributed by atoms with van der Waals surface area (Å²) >= 11 is 0. The number of hydrogen-bond donors (Lipinski definition) is 3. The van der Waals surface area contributed by atoms with E-state index >= 15 is 0 Å². The molecule has 0 saturated heterocycles. The summed E-state index contributed by atoms with van der Waals surface area (Å²) < 4.78 is 0. The lowest BCUT2D eigenvalue weighted by Crippen LogP contribution is -2.47. The Hall–Kier alpha value is -1.36. The topological polar surface area (TPSA) is 78.4 Å². The Kier molecular flexibility index (Phi) is 4.71. The van der Waals surface area contributed by atoms with Gasteiger partial charge in [0.15, 0.2) is 6.04 Å². The molecule has 3 N–H and O–H groups in total. The smallest absolute Gasteiger partial charge is 0.330 e. The Bertz CT molecular complexity index is 191. The van der Waals surface area contributed by atoms with Crippen molar-refractivity contribution in [1.82, 2.24) is 10.6 Å². The molecule has 0 aliphatic carbocycles. The second kappa shape index (κ2) is 5.31. The van der Waals surface area contributed by atoms with Gasteiger partial charge in [-0.3, -0.25) is 10.1 Å². The van der Waals surface area contributed by atoms with E-state index in [2.05, 4.69) is 17.2 Å². The van der Waals surface area contributed by atoms with Crippen molar-refractivity contribution in [2.75, 3.05) is 13.6 Å². The molecule has 0 rings (SSSR count). The molecule has 0 bridgehead atoms. The first-order valence-corrected chi connectivity index (χ1v) is 3.42. The van der Waals surface area contributed by atoms with Gasteiger partial charge in [-0.05, 0) is 7.05 Å². The lowest BCUT2D eigenvalue weighted by atomic mass is 10.3. The van der Waals surface area contributed by atoms with Gasteiger partial charge in [0.2, 0.25) is 5.91 Å². The average molecular weight is 172 g/mol. The molecule has 0 aliphatic heterocycles. The molecule has 12 heavy (non-hydrogen) atoms. The molecule has 0 saturated carbocycles.